The number of hydrogen-bond acceptors (Lipinski definition) is 1. The van der Waals surface area contributed by atoms with E-state index in [-0.39, 0.29) is 0 Å². The van der Waals surface area contributed by atoms with Gasteiger partial charge in [-0.1, -0.05) is 48.2 Å². The van der Waals surface area contributed by atoms with E-state index in [0.29, 0.717) is 0 Å². The number of unbranched alkanes of at least 4 members (excludes halogenated alkanes) is 2. The molecule has 0 fully saturated rings. The third-order valence-corrected chi connectivity index (χ3v) is 5.60. The maximum absolute atomic E-state index is 5.80. The molecule has 0 heterocycles. The summed E-state index contributed by atoms with van der Waals surface area (Å²) in [7, 11) is 0. The van der Waals surface area contributed by atoms with Crippen LogP contribution in [0.5, 0.6) is 0 Å². The molecule has 0 radical (unpaired) electrons. The zero-order valence-electron chi connectivity index (χ0n) is 13.4. The maximum atomic E-state index is 5.80. The monoisotopic (exact) mass is 366 g/mol. The van der Waals surface area contributed by atoms with Gasteiger partial charge in [-0.3, -0.25) is 0 Å². The minimum absolute atomic E-state index is 0.749. The highest BCUT2D eigenvalue weighted by Crippen LogP contribution is 2.34. The minimum atomic E-state index is 0.749. The second kappa shape index (κ2) is 11.0. The van der Waals surface area contributed by atoms with Crippen LogP contribution in [0.15, 0.2) is 58.3 Å². The molecule has 124 valence electrons. The van der Waals surface area contributed by atoms with Crippen molar-refractivity contribution in [3.05, 3.63) is 59.7 Å². The van der Waals surface area contributed by atoms with E-state index in [1.54, 1.807) is 0 Å². The van der Waals surface area contributed by atoms with Gasteiger partial charge in [-0.2, -0.15) is 0 Å². The fraction of sp³-hybridized carbons (Fsp3) is 0.400. The average Bonchev–Trinajstić information content (AvgIpc) is 2.58. The van der Waals surface area contributed by atoms with Crippen molar-refractivity contribution in [2.75, 3.05) is 11.8 Å². The summed E-state index contributed by atoms with van der Waals surface area (Å²) in [6, 6.07) is 17.5. The zero-order chi connectivity index (χ0) is 16.3. The van der Waals surface area contributed by atoms with E-state index < -0.39 is 0 Å². The predicted molar refractivity (Wildman–Crippen MR) is 104 cm³/mol. The summed E-state index contributed by atoms with van der Waals surface area (Å²) >= 11 is 13.5. The van der Waals surface area contributed by atoms with Gasteiger partial charge in [0.25, 0.3) is 0 Å². The summed E-state index contributed by atoms with van der Waals surface area (Å²) in [4.78, 5) is 2.73. The Kier molecular flexibility index (Phi) is 8.96. The van der Waals surface area contributed by atoms with Gasteiger partial charge in [0.15, 0.2) is 0 Å². The van der Waals surface area contributed by atoms with Gasteiger partial charge in [0.1, 0.15) is 0 Å². The van der Waals surface area contributed by atoms with E-state index in [1.165, 1.54) is 20.9 Å². The van der Waals surface area contributed by atoms with Crippen LogP contribution in [-0.2, 0) is 12.8 Å². The molecule has 0 aliphatic carbocycles. The second-order valence-corrected chi connectivity index (χ2v) is 7.45. The molecule has 0 aromatic heterocycles. The van der Waals surface area contributed by atoms with Gasteiger partial charge in [0, 0.05) is 21.6 Å². The van der Waals surface area contributed by atoms with E-state index >= 15 is 0 Å². The molecule has 0 atom stereocenters. The van der Waals surface area contributed by atoms with Gasteiger partial charge < -0.3 is 0 Å². The molecule has 3 heteroatoms. The maximum Gasteiger partial charge on any atom is 0.0223 e. The predicted octanol–water partition coefficient (Wildman–Crippen LogP) is 6.96. The number of aryl methyl sites for hydroxylation is 2. The van der Waals surface area contributed by atoms with Gasteiger partial charge in [0.2, 0.25) is 0 Å². The normalized spacial score (nSPS) is 10.9. The highest BCUT2D eigenvalue weighted by molar-refractivity contribution is 7.99. The molecule has 2 aromatic rings. The van der Waals surface area contributed by atoms with Crippen LogP contribution in [0.1, 0.15) is 36.8 Å². The van der Waals surface area contributed by atoms with Crippen LogP contribution in [-0.4, -0.2) is 11.8 Å². The summed E-state index contributed by atoms with van der Waals surface area (Å²) in [5.41, 5.74) is 2.86. The summed E-state index contributed by atoms with van der Waals surface area (Å²) in [6.07, 6.45) is 6.66. The first kappa shape index (κ1) is 18.7. The second-order valence-electron chi connectivity index (χ2n) is 5.61. The molecule has 2 aromatic carbocycles. The molecule has 23 heavy (non-hydrogen) atoms. The van der Waals surface area contributed by atoms with Crippen LogP contribution in [0.25, 0.3) is 0 Å². The summed E-state index contributed by atoms with van der Waals surface area (Å²) in [5.74, 6) is 1.50. The van der Waals surface area contributed by atoms with Gasteiger partial charge >= 0.3 is 0 Å². The van der Waals surface area contributed by atoms with Crippen molar-refractivity contribution in [2.24, 2.45) is 0 Å². The molecule has 0 amide bonds. The van der Waals surface area contributed by atoms with Gasteiger partial charge in [-0.25, -0.2) is 0 Å². The molecule has 0 bridgehead atoms. The summed E-state index contributed by atoms with van der Waals surface area (Å²) < 4.78 is 0. The standard InChI is InChI=1S/C20H24Cl2S/c21-15-7-5-11-17-9-1-3-13-19(17)23-20-14-4-2-10-18(20)12-6-8-16-22/h1-4,9-10,13-14H,5-8,11-12,15-16H2. The molecule has 0 N–H and O–H groups in total. The lowest BCUT2D eigenvalue weighted by Crippen LogP contribution is -1.92. The topological polar surface area (TPSA) is 0 Å². The highest BCUT2D eigenvalue weighted by atomic mass is 35.5. The van der Waals surface area contributed by atoms with Crippen LogP contribution >= 0.6 is 35.0 Å². The molecule has 0 saturated carbocycles. The number of hydrogen-bond donors (Lipinski definition) is 0. The highest BCUT2D eigenvalue weighted by Gasteiger charge is 2.07. The fourth-order valence-corrected chi connectivity index (χ4v) is 4.07. The molecule has 0 nitrogen and oxygen atoms in total. The van der Waals surface area contributed by atoms with Crippen LogP contribution in [0.4, 0.5) is 0 Å². The quantitative estimate of drug-likeness (QED) is 0.323. The first-order valence-electron chi connectivity index (χ1n) is 8.30. The number of halogens is 2. The Morgan fingerprint density at radius 3 is 1.48 bits per heavy atom. The lowest BCUT2D eigenvalue weighted by molar-refractivity contribution is 0.786. The third-order valence-electron chi connectivity index (χ3n) is 3.82. The first-order valence-corrected chi connectivity index (χ1v) is 10.2. The van der Waals surface area contributed by atoms with Crippen molar-refractivity contribution in [3.8, 4) is 0 Å². The van der Waals surface area contributed by atoms with E-state index in [9.17, 15) is 0 Å². The van der Waals surface area contributed by atoms with Gasteiger partial charge in [-0.15, -0.1) is 23.2 Å². The van der Waals surface area contributed by atoms with Crippen LogP contribution < -0.4 is 0 Å². The van der Waals surface area contributed by atoms with Gasteiger partial charge in [-0.05, 0) is 61.8 Å². The zero-order valence-corrected chi connectivity index (χ0v) is 15.8. The van der Waals surface area contributed by atoms with E-state index in [1.807, 2.05) is 11.8 Å². The largest absolute Gasteiger partial charge is 0.127 e. The Balaban J connectivity index is 2.09. The van der Waals surface area contributed by atoms with Crippen LogP contribution in [0.3, 0.4) is 0 Å². The third kappa shape index (κ3) is 6.41. The smallest absolute Gasteiger partial charge is 0.0223 e. The van der Waals surface area contributed by atoms with Crippen LogP contribution in [0, 0.1) is 0 Å². The molecular weight excluding hydrogens is 343 g/mol. The summed E-state index contributed by atoms with van der Waals surface area (Å²) in [6.45, 7) is 0. The number of alkyl halides is 2. The molecule has 2 rings (SSSR count). The Hall–Kier alpha value is -0.630. The first-order chi connectivity index (χ1) is 11.3. The molecule has 0 aliphatic rings. The van der Waals surface area contributed by atoms with Crippen molar-refractivity contribution < 1.29 is 0 Å². The van der Waals surface area contributed by atoms with Crippen molar-refractivity contribution in [1.29, 1.82) is 0 Å². The number of benzene rings is 2. The molecule has 0 aliphatic heterocycles. The van der Waals surface area contributed by atoms with E-state index in [4.69, 9.17) is 23.2 Å². The Labute approximate surface area is 154 Å². The molecule has 0 spiro atoms. The van der Waals surface area contributed by atoms with Crippen molar-refractivity contribution >= 4 is 35.0 Å². The fourth-order valence-electron chi connectivity index (χ4n) is 2.56. The molecule has 0 unspecified atom stereocenters. The SMILES string of the molecule is ClCCCCc1ccccc1Sc1ccccc1CCCCCl. The Morgan fingerprint density at radius 1 is 0.609 bits per heavy atom. The Bertz CT molecular complexity index is 532. The Morgan fingerprint density at radius 2 is 1.04 bits per heavy atom. The lowest BCUT2D eigenvalue weighted by Gasteiger charge is -2.12. The van der Waals surface area contributed by atoms with E-state index in [2.05, 4.69) is 48.5 Å². The minimum Gasteiger partial charge on any atom is -0.127 e. The molecule has 0 saturated heterocycles. The van der Waals surface area contributed by atoms with Crippen LogP contribution in [0.2, 0.25) is 0 Å². The van der Waals surface area contributed by atoms with Crippen molar-refractivity contribution in [3.63, 3.8) is 0 Å². The number of rotatable bonds is 10. The average molecular weight is 367 g/mol. The van der Waals surface area contributed by atoms with E-state index in [0.717, 1.165) is 50.3 Å². The van der Waals surface area contributed by atoms with Crippen molar-refractivity contribution in [1.82, 2.24) is 0 Å². The van der Waals surface area contributed by atoms with Gasteiger partial charge in [0.05, 0.1) is 0 Å². The summed E-state index contributed by atoms with van der Waals surface area (Å²) in [5, 5.41) is 0. The van der Waals surface area contributed by atoms with Crippen molar-refractivity contribution in [2.45, 2.75) is 48.3 Å². The lowest BCUT2D eigenvalue weighted by atomic mass is 10.1. The molecular formula is C20H24Cl2S.